The maximum Gasteiger partial charge on any atom is 0.236 e. The number of hydrazine groups is 1. The second-order valence-corrected chi connectivity index (χ2v) is 3.61. The molecule has 0 aliphatic carbocycles. The molecule has 5 heteroatoms. The van der Waals surface area contributed by atoms with Crippen molar-refractivity contribution in [2.24, 2.45) is 11.7 Å². The summed E-state index contributed by atoms with van der Waals surface area (Å²) in [4.78, 5) is 11.1. The van der Waals surface area contributed by atoms with Crippen LogP contribution in [0.15, 0.2) is 0 Å². The van der Waals surface area contributed by atoms with Crippen LogP contribution in [0.3, 0.4) is 0 Å². The van der Waals surface area contributed by atoms with Gasteiger partial charge in [-0.1, -0.05) is 0 Å². The fourth-order valence-electron chi connectivity index (χ4n) is 1.88. The Labute approximate surface area is 78.4 Å². The van der Waals surface area contributed by atoms with E-state index in [4.69, 9.17) is 5.73 Å². The van der Waals surface area contributed by atoms with Gasteiger partial charge in [0.1, 0.15) is 6.04 Å². The van der Waals surface area contributed by atoms with Crippen LogP contribution in [0.2, 0.25) is 0 Å². The van der Waals surface area contributed by atoms with Gasteiger partial charge in [-0.3, -0.25) is 10.2 Å². The normalized spacial score (nSPS) is 36.1. The Morgan fingerprint density at radius 1 is 1.54 bits per heavy atom. The predicted octanol–water partition coefficient (Wildman–Crippen LogP) is -1.44. The molecule has 1 aliphatic heterocycles. The second kappa shape index (κ2) is 4.04. The second-order valence-electron chi connectivity index (χ2n) is 3.61. The SMILES string of the molecule is CNC(C)C1C(C)NNC1C(N)=O. The van der Waals surface area contributed by atoms with Crippen molar-refractivity contribution >= 4 is 5.91 Å². The molecule has 4 unspecified atom stereocenters. The van der Waals surface area contributed by atoms with E-state index in [1.807, 2.05) is 20.9 Å². The molecular weight excluding hydrogens is 168 g/mol. The standard InChI is InChI=1S/C8H18N4O/c1-4(10-3)6-5(2)11-12-7(6)8(9)13/h4-7,10-12H,1-3H3,(H2,9,13). The zero-order valence-corrected chi connectivity index (χ0v) is 8.29. The number of rotatable bonds is 3. The van der Waals surface area contributed by atoms with Crippen LogP contribution >= 0.6 is 0 Å². The van der Waals surface area contributed by atoms with Crippen LogP contribution in [0, 0.1) is 5.92 Å². The van der Waals surface area contributed by atoms with Gasteiger partial charge in [0.25, 0.3) is 0 Å². The van der Waals surface area contributed by atoms with E-state index in [1.54, 1.807) is 0 Å². The van der Waals surface area contributed by atoms with Crippen molar-refractivity contribution in [3.63, 3.8) is 0 Å². The van der Waals surface area contributed by atoms with E-state index in [0.29, 0.717) is 0 Å². The molecule has 1 saturated heterocycles. The van der Waals surface area contributed by atoms with Crippen LogP contribution in [-0.2, 0) is 4.79 Å². The van der Waals surface area contributed by atoms with Gasteiger partial charge in [-0.05, 0) is 20.9 Å². The van der Waals surface area contributed by atoms with Gasteiger partial charge in [-0.2, -0.15) is 0 Å². The highest BCUT2D eigenvalue weighted by Crippen LogP contribution is 2.18. The summed E-state index contributed by atoms with van der Waals surface area (Å²) in [5.74, 6) is -0.105. The zero-order chi connectivity index (χ0) is 10.0. The maximum absolute atomic E-state index is 11.1. The zero-order valence-electron chi connectivity index (χ0n) is 8.29. The Balaban J connectivity index is 2.70. The van der Waals surface area contributed by atoms with E-state index in [1.165, 1.54) is 0 Å². The van der Waals surface area contributed by atoms with E-state index in [9.17, 15) is 4.79 Å². The summed E-state index contributed by atoms with van der Waals surface area (Å²) in [5, 5.41) is 3.13. The third kappa shape index (κ3) is 1.99. The highest BCUT2D eigenvalue weighted by atomic mass is 16.1. The van der Waals surface area contributed by atoms with Crippen LogP contribution in [0.4, 0.5) is 0 Å². The minimum atomic E-state index is -0.302. The molecule has 0 bridgehead atoms. The molecular formula is C8H18N4O. The fourth-order valence-corrected chi connectivity index (χ4v) is 1.88. The number of carbonyl (C=O) groups excluding carboxylic acids is 1. The minimum Gasteiger partial charge on any atom is -0.368 e. The molecule has 76 valence electrons. The first-order chi connectivity index (χ1) is 6.07. The van der Waals surface area contributed by atoms with E-state index in [2.05, 4.69) is 16.2 Å². The van der Waals surface area contributed by atoms with Gasteiger partial charge in [0.05, 0.1) is 0 Å². The highest BCUT2D eigenvalue weighted by Gasteiger charge is 2.39. The Bertz CT molecular complexity index is 197. The van der Waals surface area contributed by atoms with Gasteiger partial charge in [-0.25, -0.2) is 5.43 Å². The van der Waals surface area contributed by atoms with Crippen molar-refractivity contribution in [3.8, 4) is 0 Å². The van der Waals surface area contributed by atoms with Crippen LogP contribution in [0.1, 0.15) is 13.8 Å². The van der Waals surface area contributed by atoms with Crippen molar-refractivity contribution < 1.29 is 4.79 Å². The average Bonchev–Trinajstić information content (AvgIpc) is 2.46. The van der Waals surface area contributed by atoms with E-state index >= 15 is 0 Å². The first kappa shape index (κ1) is 10.4. The minimum absolute atomic E-state index is 0.197. The molecule has 1 heterocycles. The predicted molar refractivity (Wildman–Crippen MR) is 50.7 cm³/mol. The molecule has 13 heavy (non-hydrogen) atoms. The molecule has 1 amide bonds. The molecule has 5 nitrogen and oxygen atoms in total. The van der Waals surface area contributed by atoms with Crippen molar-refractivity contribution in [1.29, 1.82) is 0 Å². The Morgan fingerprint density at radius 2 is 2.15 bits per heavy atom. The van der Waals surface area contributed by atoms with Crippen molar-refractivity contribution in [3.05, 3.63) is 0 Å². The lowest BCUT2D eigenvalue weighted by molar-refractivity contribution is -0.120. The maximum atomic E-state index is 11.1. The summed E-state index contributed by atoms with van der Waals surface area (Å²) in [6.07, 6.45) is 0. The molecule has 5 N–H and O–H groups in total. The highest BCUT2D eigenvalue weighted by molar-refractivity contribution is 5.80. The van der Waals surface area contributed by atoms with E-state index in [-0.39, 0.29) is 30.0 Å². The molecule has 0 radical (unpaired) electrons. The van der Waals surface area contributed by atoms with Gasteiger partial charge >= 0.3 is 0 Å². The van der Waals surface area contributed by atoms with Gasteiger partial charge in [0, 0.05) is 18.0 Å². The number of amides is 1. The largest absolute Gasteiger partial charge is 0.368 e. The Hall–Kier alpha value is -0.650. The van der Waals surface area contributed by atoms with E-state index < -0.39 is 0 Å². The number of hydrogen-bond acceptors (Lipinski definition) is 4. The number of carbonyl (C=O) groups is 1. The number of nitrogens with two attached hydrogens (primary N) is 1. The lowest BCUT2D eigenvalue weighted by Crippen LogP contribution is -2.48. The average molecular weight is 186 g/mol. The first-order valence-corrected chi connectivity index (χ1v) is 4.55. The Morgan fingerprint density at radius 3 is 2.62 bits per heavy atom. The summed E-state index contributed by atoms with van der Waals surface area (Å²) in [6.45, 7) is 4.08. The van der Waals surface area contributed by atoms with Crippen molar-refractivity contribution in [1.82, 2.24) is 16.2 Å². The summed E-state index contributed by atoms with van der Waals surface area (Å²) in [6, 6.07) is 0.229. The third-order valence-corrected chi connectivity index (χ3v) is 2.77. The Kier molecular flexibility index (Phi) is 3.24. The third-order valence-electron chi connectivity index (χ3n) is 2.77. The quantitative estimate of drug-likeness (QED) is 0.435. The van der Waals surface area contributed by atoms with Gasteiger partial charge < -0.3 is 11.1 Å². The molecule has 0 spiro atoms. The summed E-state index contributed by atoms with van der Waals surface area (Å²) in [5.41, 5.74) is 11.2. The summed E-state index contributed by atoms with van der Waals surface area (Å²) in [7, 11) is 1.88. The summed E-state index contributed by atoms with van der Waals surface area (Å²) >= 11 is 0. The summed E-state index contributed by atoms with van der Waals surface area (Å²) < 4.78 is 0. The number of hydrogen-bond donors (Lipinski definition) is 4. The lowest BCUT2D eigenvalue weighted by atomic mass is 9.88. The fraction of sp³-hybridized carbons (Fsp3) is 0.875. The molecule has 0 aromatic carbocycles. The monoisotopic (exact) mass is 186 g/mol. The topological polar surface area (TPSA) is 79.2 Å². The van der Waals surface area contributed by atoms with Crippen LogP contribution < -0.4 is 21.9 Å². The smallest absolute Gasteiger partial charge is 0.236 e. The van der Waals surface area contributed by atoms with Gasteiger partial charge in [-0.15, -0.1) is 0 Å². The molecule has 0 aromatic rings. The number of primary amides is 1. The first-order valence-electron chi connectivity index (χ1n) is 4.55. The van der Waals surface area contributed by atoms with Crippen LogP contribution in [0.5, 0.6) is 0 Å². The van der Waals surface area contributed by atoms with Gasteiger partial charge in [0.2, 0.25) is 5.91 Å². The number of nitrogens with one attached hydrogen (secondary N) is 3. The molecule has 1 rings (SSSR count). The molecule has 1 fully saturated rings. The van der Waals surface area contributed by atoms with Crippen molar-refractivity contribution in [2.45, 2.75) is 32.0 Å². The molecule has 1 aliphatic rings. The van der Waals surface area contributed by atoms with Crippen molar-refractivity contribution in [2.75, 3.05) is 7.05 Å². The van der Waals surface area contributed by atoms with Crippen LogP contribution in [-0.4, -0.2) is 31.1 Å². The molecule has 0 aromatic heterocycles. The van der Waals surface area contributed by atoms with Gasteiger partial charge in [0.15, 0.2) is 0 Å². The molecule has 4 atom stereocenters. The van der Waals surface area contributed by atoms with E-state index in [0.717, 1.165) is 0 Å². The molecule has 0 saturated carbocycles. The van der Waals surface area contributed by atoms with Crippen LogP contribution in [0.25, 0.3) is 0 Å². The lowest BCUT2D eigenvalue weighted by Gasteiger charge is -2.25.